The van der Waals surface area contributed by atoms with Crippen LogP contribution in [0.25, 0.3) is 0 Å². The number of urea groups is 1. The number of carboxylic acid groups (broad SMARTS) is 1. The molecule has 6 nitrogen and oxygen atoms in total. The molecule has 2 amide bonds. The van der Waals surface area contributed by atoms with Gasteiger partial charge in [-0.05, 0) is 18.6 Å². The maximum Gasteiger partial charge on any atom is 0.355 e. The number of amides is 2. The maximum absolute atomic E-state index is 11.5. The first-order valence-electron chi connectivity index (χ1n) is 5.96. The van der Waals surface area contributed by atoms with Gasteiger partial charge in [0, 0.05) is 17.2 Å². The summed E-state index contributed by atoms with van der Waals surface area (Å²) in [6, 6.07) is -0.237. The van der Waals surface area contributed by atoms with Gasteiger partial charge in [-0.3, -0.25) is 0 Å². The van der Waals surface area contributed by atoms with Gasteiger partial charge in [0.05, 0.1) is 6.54 Å². The number of carbonyl (C=O) groups excluding carboxylic acids is 1. The van der Waals surface area contributed by atoms with E-state index in [1.807, 2.05) is 11.8 Å². The van der Waals surface area contributed by atoms with Crippen LogP contribution in [0.2, 0.25) is 0 Å². The van der Waals surface area contributed by atoms with Gasteiger partial charge in [0.2, 0.25) is 0 Å². The smallest absolute Gasteiger partial charge is 0.355 e. The van der Waals surface area contributed by atoms with Crippen molar-refractivity contribution in [3.8, 4) is 0 Å². The molecule has 3 N–H and O–H groups in total. The predicted octanol–water partition coefficient (Wildman–Crippen LogP) is 1.54. The van der Waals surface area contributed by atoms with E-state index >= 15 is 0 Å². The highest BCUT2D eigenvalue weighted by Gasteiger charge is 2.16. The van der Waals surface area contributed by atoms with Gasteiger partial charge in [-0.2, -0.15) is 11.8 Å². The number of thioether (sulfide) groups is 1. The van der Waals surface area contributed by atoms with E-state index in [2.05, 4.69) is 15.6 Å². The first kappa shape index (κ1) is 14.1. The van der Waals surface area contributed by atoms with Crippen molar-refractivity contribution in [3.63, 3.8) is 0 Å². The summed E-state index contributed by atoms with van der Waals surface area (Å²) in [4.78, 5) is 26.1. The highest BCUT2D eigenvalue weighted by atomic mass is 32.2. The highest BCUT2D eigenvalue weighted by Crippen LogP contribution is 2.25. The number of rotatable bonds is 5. The third kappa shape index (κ3) is 4.39. The molecule has 8 heteroatoms. The zero-order chi connectivity index (χ0) is 13.7. The molecule has 0 saturated carbocycles. The molecule has 0 radical (unpaired) electrons. The van der Waals surface area contributed by atoms with Gasteiger partial charge in [0.25, 0.3) is 0 Å². The lowest BCUT2D eigenvalue weighted by Crippen LogP contribution is -2.38. The summed E-state index contributed by atoms with van der Waals surface area (Å²) < 4.78 is 0. The number of aromatic carboxylic acids is 1. The van der Waals surface area contributed by atoms with E-state index in [0.717, 1.165) is 6.42 Å². The first-order valence-corrected chi connectivity index (χ1v) is 7.89. The van der Waals surface area contributed by atoms with Crippen molar-refractivity contribution < 1.29 is 14.7 Å². The van der Waals surface area contributed by atoms with Gasteiger partial charge in [-0.1, -0.05) is 0 Å². The third-order valence-electron chi connectivity index (χ3n) is 2.69. The molecule has 19 heavy (non-hydrogen) atoms. The lowest BCUT2D eigenvalue weighted by Gasteiger charge is -2.10. The van der Waals surface area contributed by atoms with E-state index in [1.54, 1.807) is 0 Å². The zero-order valence-electron chi connectivity index (χ0n) is 10.2. The Hall–Kier alpha value is -1.28. The van der Waals surface area contributed by atoms with Crippen LogP contribution in [0, 0.1) is 0 Å². The van der Waals surface area contributed by atoms with Crippen molar-refractivity contribution in [2.24, 2.45) is 0 Å². The normalized spacial score (nSPS) is 18.2. The minimum absolute atomic E-state index is 0.0181. The van der Waals surface area contributed by atoms with Gasteiger partial charge in [0.1, 0.15) is 5.01 Å². The van der Waals surface area contributed by atoms with Crippen LogP contribution in [0.5, 0.6) is 0 Å². The number of thiazole rings is 1. The Labute approximate surface area is 119 Å². The predicted molar refractivity (Wildman–Crippen MR) is 74.8 cm³/mol. The number of carboxylic acids is 1. The second kappa shape index (κ2) is 6.76. The third-order valence-corrected chi connectivity index (χ3v) is 4.93. The second-order valence-electron chi connectivity index (χ2n) is 4.13. The number of nitrogens with zero attached hydrogens (tertiary/aromatic N) is 1. The van der Waals surface area contributed by atoms with Crippen LogP contribution < -0.4 is 10.6 Å². The molecule has 1 unspecified atom stereocenters. The lowest BCUT2D eigenvalue weighted by molar-refractivity contribution is 0.0691. The van der Waals surface area contributed by atoms with Crippen LogP contribution in [-0.2, 0) is 6.54 Å². The van der Waals surface area contributed by atoms with Crippen molar-refractivity contribution in [2.75, 3.05) is 12.3 Å². The van der Waals surface area contributed by atoms with Crippen molar-refractivity contribution >= 4 is 35.1 Å². The zero-order valence-corrected chi connectivity index (χ0v) is 11.9. The molecule has 0 bridgehead atoms. The topological polar surface area (TPSA) is 91.3 Å². The van der Waals surface area contributed by atoms with Crippen LogP contribution >= 0.6 is 23.1 Å². The summed E-state index contributed by atoms with van der Waals surface area (Å²) in [5.41, 5.74) is 0.0181. The van der Waals surface area contributed by atoms with Crippen molar-refractivity contribution in [3.05, 3.63) is 16.1 Å². The van der Waals surface area contributed by atoms with Gasteiger partial charge in [0.15, 0.2) is 5.69 Å². The van der Waals surface area contributed by atoms with Gasteiger partial charge < -0.3 is 15.7 Å². The summed E-state index contributed by atoms with van der Waals surface area (Å²) in [6.07, 6.45) is 2.37. The number of nitrogens with one attached hydrogen (secondary N) is 2. The fourth-order valence-electron chi connectivity index (χ4n) is 1.72. The lowest BCUT2D eigenvalue weighted by atomic mass is 10.2. The van der Waals surface area contributed by atoms with Gasteiger partial charge >= 0.3 is 12.0 Å². The fourth-order valence-corrected chi connectivity index (χ4v) is 3.63. The van der Waals surface area contributed by atoms with Crippen molar-refractivity contribution in [1.29, 1.82) is 0 Å². The molecule has 0 aliphatic carbocycles. The number of hydrogen-bond donors (Lipinski definition) is 3. The van der Waals surface area contributed by atoms with Crippen LogP contribution in [0.3, 0.4) is 0 Å². The van der Waals surface area contributed by atoms with Crippen LogP contribution in [0.4, 0.5) is 4.79 Å². The monoisotopic (exact) mass is 301 g/mol. The van der Waals surface area contributed by atoms with Crippen LogP contribution in [0.15, 0.2) is 5.38 Å². The molecule has 0 spiro atoms. The average molecular weight is 301 g/mol. The average Bonchev–Trinajstić information content (AvgIpc) is 3.05. The summed E-state index contributed by atoms with van der Waals surface area (Å²) in [5.74, 6) is 0.121. The Morgan fingerprint density at radius 3 is 2.95 bits per heavy atom. The molecule has 104 valence electrons. The number of hydrogen-bond acceptors (Lipinski definition) is 5. The van der Waals surface area contributed by atoms with E-state index in [4.69, 9.17) is 5.11 Å². The molecule has 2 rings (SSSR count). The highest BCUT2D eigenvalue weighted by molar-refractivity contribution is 8.00. The summed E-state index contributed by atoms with van der Waals surface area (Å²) in [6.45, 7) is 0.927. The Bertz CT molecular complexity index is 458. The van der Waals surface area contributed by atoms with Gasteiger partial charge in [-0.15, -0.1) is 11.3 Å². The summed E-state index contributed by atoms with van der Waals surface area (Å²) in [5, 5.41) is 16.8. The summed E-state index contributed by atoms with van der Waals surface area (Å²) >= 11 is 3.11. The van der Waals surface area contributed by atoms with Gasteiger partial charge in [-0.25, -0.2) is 14.6 Å². The SMILES string of the molecule is O=C(NCc1nc(C(=O)O)cs1)NCC1CCCS1. The summed E-state index contributed by atoms with van der Waals surface area (Å²) in [7, 11) is 0. The molecule has 1 fully saturated rings. The molecule has 1 atom stereocenters. The Kier molecular flexibility index (Phi) is 5.03. The number of aromatic nitrogens is 1. The Balaban J connectivity index is 1.68. The molecule has 2 heterocycles. The van der Waals surface area contributed by atoms with Crippen LogP contribution in [-0.4, -0.2) is 39.6 Å². The van der Waals surface area contributed by atoms with E-state index in [1.165, 1.54) is 28.9 Å². The van der Waals surface area contributed by atoms with Crippen LogP contribution in [0.1, 0.15) is 28.3 Å². The molecule has 0 aromatic carbocycles. The maximum atomic E-state index is 11.5. The van der Waals surface area contributed by atoms with E-state index in [0.29, 0.717) is 16.8 Å². The van der Waals surface area contributed by atoms with Crippen molar-refractivity contribution in [2.45, 2.75) is 24.6 Å². The molecular formula is C11H15N3O3S2. The molecule has 1 aliphatic rings. The quantitative estimate of drug-likeness (QED) is 0.767. The van der Waals surface area contributed by atoms with E-state index in [9.17, 15) is 9.59 Å². The Morgan fingerprint density at radius 1 is 1.47 bits per heavy atom. The minimum atomic E-state index is -1.05. The first-order chi connectivity index (χ1) is 9.15. The molecular weight excluding hydrogens is 286 g/mol. The second-order valence-corrected chi connectivity index (χ2v) is 6.48. The Morgan fingerprint density at radius 2 is 2.32 bits per heavy atom. The molecule has 1 saturated heterocycles. The molecule has 1 aliphatic heterocycles. The molecule has 1 aromatic rings. The largest absolute Gasteiger partial charge is 0.476 e. The standard InChI is InChI=1S/C11H15N3O3S2/c15-10(16)8-6-19-9(14-8)5-13-11(17)12-4-7-2-1-3-18-7/h6-7H,1-5H2,(H,15,16)(H2,12,13,17). The minimum Gasteiger partial charge on any atom is -0.476 e. The fraction of sp³-hybridized carbons (Fsp3) is 0.545. The van der Waals surface area contributed by atoms with E-state index in [-0.39, 0.29) is 18.3 Å². The van der Waals surface area contributed by atoms with E-state index < -0.39 is 5.97 Å². The molecule has 1 aromatic heterocycles. The van der Waals surface area contributed by atoms with Crippen molar-refractivity contribution in [1.82, 2.24) is 15.6 Å². The number of carbonyl (C=O) groups is 2.